The zero-order chi connectivity index (χ0) is 14.6. The normalized spacial score (nSPS) is 26.0. The predicted octanol–water partition coefficient (Wildman–Crippen LogP) is -2.70. The molecule has 0 aliphatic carbocycles. The fourth-order valence-corrected chi connectivity index (χ4v) is 2.76. The van der Waals surface area contributed by atoms with E-state index in [4.69, 9.17) is 9.47 Å². The molecule has 2 atom stereocenters. The van der Waals surface area contributed by atoms with E-state index in [1.807, 2.05) is 20.8 Å². The SMILES string of the molecule is C[C-]1COC(=O)C1C(C)C.C[C-]1COCC1C(C)C.[Rb+].[Rb+]. The van der Waals surface area contributed by atoms with Gasteiger partial charge in [-0.25, -0.2) is 0 Å². The fraction of sp³-hybridized carbons (Fsp3) is 0.812. The second-order valence-electron chi connectivity index (χ2n) is 6.39. The average molecular weight is 439 g/mol. The van der Waals surface area contributed by atoms with Crippen molar-refractivity contribution in [2.45, 2.75) is 41.5 Å². The third-order valence-electron chi connectivity index (χ3n) is 3.96. The third kappa shape index (κ3) is 8.80. The Bertz CT molecular complexity index is 295. The molecule has 0 N–H and O–H groups in total. The largest absolute Gasteiger partial charge is 1.00 e. The Morgan fingerprint density at radius 2 is 1.57 bits per heavy atom. The van der Waals surface area contributed by atoms with E-state index in [2.05, 4.69) is 20.8 Å². The van der Waals surface area contributed by atoms with Gasteiger partial charge in [-0.1, -0.05) is 52.1 Å². The molecule has 0 aromatic carbocycles. The van der Waals surface area contributed by atoms with Gasteiger partial charge >= 0.3 is 116 Å². The summed E-state index contributed by atoms with van der Waals surface area (Å²) in [4.78, 5) is 11.0. The zero-order valence-electron chi connectivity index (χ0n) is 15.2. The Hall–Kier alpha value is 3.04. The molecule has 0 aromatic heterocycles. The number of esters is 1. The molecule has 5 heteroatoms. The first-order valence-electron chi connectivity index (χ1n) is 7.23. The summed E-state index contributed by atoms with van der Waals surface area (Å²) in [5, 5.41) is 0. The van der Waals surface area contributed by atoms with Crippen LogP contribution in [0, 0.1) is 35.5 Å². The molecule has 3 nitrogen and oxygen atoms in total. The van der Waals surface area contributed by atoms with E-state index in [0.29, 0.717) is 12.5 Å². The van der Waals surface area contributed by atoms with E-state index in [-0.39, 0.29) is 128 Å². The van der Waals surface area contributed by atoms with E-state index < -0.39 is 0 Å². The third-order valence-corrected chi connectivity index (χ3v) is 3.96. The van der Waals surface area contributed by atoms with Crippen LogP contribution < -0.4 is 116 Å². The second kappa shape index (κ2) is 13.3. The van der Waals surface area contributed by atoms with Crippen molar-refractivity contribution in [3.63, 3.8) is 0 Å². The minimum atomic E-state index is -0.0486. The Morgan fingerprint density at radius 3 is 1.76 bits per heavy atom. The van der Waals surface area contributed by atoms with E-state index in [9.17, 15) is 4.79 Å². The van der Waals surface area contributed by atoms with Gasteiger partial charge in [0, 0.05) is 6.61 Å². The molecule has 2 aliphatic rings. The van der Waals surface area contributed by atoms with Crippen LogP contribution in [0.15, 0.2) is 0 Å². The van der Waals surface area contributed by atoms with Crippen molar-refractivity contribution in [1.29, 1.82) is 0 Å². The molecule has 0 aromatic rings. The number of hydrogen-bond donors (Lipinski definition) is 0. The van der Waals surface area contributed by atoms with Crippen LogP contribution >= 0.6 is 0 Å². The molecule has 0 amide bonds. The van der Waals surface area contributed by atoms with Crippen molar-refractivity contribution in [3.8, 4) is 0 Å². The molecule has 0 saturated carbocycles. The van der Waals surface area contributed by atoms with Gasteiger partial charge in [-0.3, -0.25) is 16.6 Å². The molecule has 0 spiro atoms. The van der Waals surface area contributed by atoms with Crippen molar-refractivity contribution < 1.29 is 131 Å². The summed E-state index contributed by atoms with van der Waals surface area (Å²) in [6.07, 6.45) is 0. The van der Waals surface area contributed by atoms with Crippen LogP contribution in [0.1, 0.15) is 41.5 Å². The van der Waals surface area contributed by atoms with Crippen molar-refractivity contribution in [2.24, 2.45) is 23.7 Å². The average Bonchev–Trinajstić information content (AvgIpc) is 2.86. The number of cyclic esters (lactones) is 1. The van der Waals surface area contributed by atoms with Gasteiger partial charge in [0.1, 0.15) is 0 Å². The summed E-state index contributed by atoms with van der Waals surface area (Å²) in [6.45, 7) is 15.1. The summed E-state index contributed by atoms with van der Waals surface area (Å²) in [5.41, 5.74) is 0. The summed E-state index contributed by atoms with van der Waals surface area (Å²) in [5.74, 6) is 4.56. The first-order chi connectivity index (χ1) is 8.84. The minimum Gasteiger partial charge on any atom is -0.500 e. The first-order valence-corrected chi connectivity index (χ1v) is 7.23. The van der Waals surface area contributed by atoms with Crippen LogP contribution in [0.3, 0.4) is 0 Å². The van der Waals surface area contributed by atoms with Gasteiger partial charge < -0.3 is 9.47 Å². The molecule has 2 rings (SSSR count). The molecule has 2 saturated heterocycles. The van der Waals surface area contributed by atoms with Gasteiger partial charge in [0.2, 0.25) is 0 Å². The molecule has 112 valence electrons. The van der Waals surface area contributed by atoms with Crippen LogP contribution in [-0.4, -0.2) is 25.8 Å². The molecular weight excluding hydrogens is 411 g/mol. The summed E-state index contributed by atoms with van der Waals surface area (Å²) >= 11 is 0. The van der Waals surface area contributed by atoms with Crippen LogP contribution in [0.25, 0.3) is 0 Å². The van der Waals surface area contributed by atoms with Crippen molar-refractivity contribution >= 4 is 5.97 Å². The molecule has 2 unspecified atom stereocenters. The maximum absolute atomic E-state index is 11.0. The van der Waals surface area contributed by atoms with Crippen LogP contribution in [0.4, 0.5) is 0 Å². The molecular formula is C16H28O3Rb2. The maximum atomic E-state index is 11.0. The second-order valence-corrected chi connectivity index (χ2v) is 6.39. The van der Waals surface area contributed by atoms with E-state index in [1.54, 1.807) is 0 Å². The van der Waals surface area contributed by atoms with E-state index in [1.165, 1.54) is 11.8 Å². The zero-order valence-corrected chi connectivity index (χ0v) is 25.0. The summed E-state index contributed by atoms with van der Waals surface area (Å²) in [7, 11) is 0. The quantitative estimate of drug-likeness (QED) is 0.347. The number of ether oxygens (including phenoxy) is 2. The minimum absolute atomic E-state index is 0. The smallest absolute Gasteiger partial charge is 0.500 e. The van der Waals surface area contributed by atoms with Crippen molar-refractivity contribution in [2.75, 3.05) is 19.8 Å². The Kier molecular flexibility index (Phi) is 16.6. The van der Waals surface area contributed by atoms with Crippen LogP contribution in [-0.2, 0) is 14.3 Å². The van der Waals surface area contributed by atoms with Crippen molar-refractivity contribution in [1.82, 2.24) is 0 Å². The molecule has 0 bridgehead atoms. The van der Waals surface area contributed by atoms with Gasteiger partial charge in [-0.15, -0.1) is 5.92 Å². The van der Waals surface area contributed by atoms with E-state index in [0.717, 1.165) is 25.0 Å². The number of carbonyl (C=O) groups excluding carboxylic acids is 1. The topological polar surface area (TPSA) is 35.5 Å². The van der Waals surface area contributed by atoms with Crippen LogP contribution in [0.5, 0.6) is 0 Å². The Balaban J connectivity index is 0. The van der Waals surface area contributed by atoms with Crippen LogP contribution in [0.2, 0.25) is 0 Å². The van der Waals surface area contributed by atoms with Gasteiger partial charge in [0.25, 0.3) is 5.97 Å². The van der Waals surface area contributed by atoms with Gasteiger partial charge in [0.05, 0.1) is 0 Å². The maximum Gasteiger partial charge on any atom is 1.00 e. The molecule has 2 aliphatic heterocycles. The summed E-state index contributed by atoms with van der Waals surface area (Å²) < 4.78 is 10.2. The van der Waals surface area contributed by atoms with Gasteiger partial charge in [-0.05, 0) is 6.61 Å². The van der Waals surface area contributed by atoms with Gasteiger partial charge in [0.15, 0.2) is 0 Å². The number of rotatable bonds is 2. The summed E-state index contributed by atoms with van der Waals surface area (Å²) in [6, 6.07) is 0. The first kappa shape index (κ1) is 26.3. The monoisotopic (exact) mass is 438 g/mol. The Morgan fingerprint density at radius 1 is 1.00 bits per heavy atom. The number of hydrogen-bond acceptors (Lipinski definition) is 3. The van der Waals surface area contributed by atoms with E-state index >= 15 is 0 Å². The number of carbonyl (C=O) groups is 1. The molecule has 21 heavy (non-hydrogen) atoms. The van der Waals surface area contributed by atoms with Crippen molar-refractivity contribution in [3.05, 3.63) is 11.8 Å². The molecule has 2 heterocycles. The molecule has 0 radical (unpaired) electrons. The molecule has 2 fully saturated rings. The Labute approximate surface area is 228 Å². The standard InChI is InChI=1S/C8H13O2.C8H15O.2Rb/c1-5(2)7-6(3)4-10-8(7)9;1-6(2)8-5-9-4-7(8)3;;/h5,7H,4H2,1-3H3;6,8H,4-5H2,1-3H3;;/q2*-1;2*+1. The fourth-order valence-electron chi connectivity index (χ4n) is 2.76. The van der Waals surface area contributed by atoms with Gasteiger partial charge in [-0.2, -0.15) is 13.8 Å². The predicted molar refractivity (Wildman–Crippen MR) is 76.3 cm³/mol.